The van der Waals surface area contributed by atoms with Crippen LogP contribution in [0.2, 0.25) is 0 Å². The first kappa shape index (κ1) is 18.7. The molecular weight excluding hydrogens is 354 g/mol. The molecule has 0 bridgehead atoms. The minimum Gasteiger partial charge on any atom is -0.374 e. The number of rotatable bonds is 5. The van der Waals surface area contributed by atoms with Crippen LogP contribution in [0.5, 0.6) is 0 Å². The number of fused-ring (bicyclic) bond motifs is 1. The molecule has 1 aliphatic heterocycles. The van der Waals surface area contributed by atoms with Gasteiger partial charge in [-0.15, -0.1) is 0 Å². The minimum atomic E-state index is -0.0245. The van der Waals surface area contributed by atoms with Crippen LogP contribution in [0.4, 0.5) is 0 Å². The number of imidazole rings is 1. The molecular formula is C21H27N5O2. The smallest absolute Gasteiger partial charge is 0.223 e. The average Bonchev–Trinajstić information content (AvgIpc) is 3.25. The van der Waals surface area contributed by atoms with Crippen molar-refractivity contribution in [1.82, 2.24) is 24.6 Å². The molecule has 1 aromatic carbocycles. The summed E-state index contributed by atoms with van der Waals surface area (Å²) >= 11 is 0. The number of amides is 1. The molecule has 1 fully saturated rings. The molecule has 1 saturated heterocycles. The van der Waals surface area contributed by atoms with E-state index in [0.29, 0.717) is 32.5 Å². The third-order valence-electron chi connectivity index (χ3n) is 5.37. The zero-order valence-electron chi connectivity index (χ0n) is 16.5. The first-order valence-corrected chi connectivity index (χ1v) is 9.91. The molecule has 7 heteroatoms. The first-order valence-electron chi connectivity index (χ1n) is 9.91. The van der Waals surface area contributed by atoms with Crippen LogP contribution >= 0.6 is 0 Å². The minimum absolute atomic E-state index is 0.0245. The fraction of sp³-hybridized carbons (Fsp3) is 0.476. The number of H-pyrrole nitrogens is 1. The summed E-state index contributed by atoms with van der Waals surface area (Å²) in [6.45, 7) is 6.88. The van der Waals surface area contributed by atoms with E-state index in [1.165, 1.54) is 11.1 Å². The van der Waals surface area contributed by atoms with Crippen LogP contribution in [-0.4, -0.2) is 56.4 Å². The summed E-state index contributed by atoms with van der Waals surface area (Å²) in [6, 6.07) is 6.11. The lowest BCUT2D eigenvalue weighted by atomic mass is 10.1. The fourth-order valence-electron chi connectivity index (χ4n) is 3.67. The number of aryl methyl sites for hydroxylation is 3. The van der Waals surface area contributed by atoms with Gasteiger partial charge in [-0.3, -0.25) is 9.48 Å². The highest BCUT2D eigenvalue weighted by Gasteiger charge is 2.23. The summed E-state index contributed by atoms with van der Waals surface area (Å²) < 4.78 is 7.77. The van der Waals surface area contributed by atoms with E-state index in [4.69, 9.17) is 4.74 Å². The Bertz CT molecular complexity index is 908. The van der Waals surface area contributed by atoms with Crippen molar-refractivity contribution in [2.75, 3.05) is 19.7 Å². The van der Waals surface area contributed by atoms with Crippen molar-refractivity contribution in [3.63, 3.8) is 0 Å². The number of hydrogen-bond acceptors (Lipinski definition) is 4. The third kappa shape index (κ3) is 4.25. The van der Waals surface area contributed by atoms with Crippen LogP contribution in [0.1, 0.15) is 29.8 Å². The van der Waals surface area contributed by atoms with Gasteiger partial charge in [0.05, 0.1) is 23.7 Å². The number of hydrogen-bond donors (Lipinski definition) is 1. The van der Waals surface area contributed by atoms with Crippen molar-refractivity contribution < 1.29 is 9.53 Å². The summed E-state index contributed by atoms with van der Waals surface area (Å²) in [4.78, 5) is 22.7. The van der Waals surface area contributed by atoms with Gasteiger partial charge in [0.15, 0.2) is 0 Å². The monoisotopic (exact) mass is 381 g/mol. The average molecular weight is 381 g/mol. The number of carbonyl (C=O) groups is 1. The summed E-state index contributed by atoms with van der Waals surface area (Å²) in [5, 5.41) is 4.24. The molecule has 4 rings (SSSR count). The molecule has 1 N–H and O–H groups in total. The van der Waals surface area contributed by atoms with E-state index in [0.717, 1.165) is 29.8 Å². The molecule has 0 aliphatic carbocycles. The molecule has 0 unspecified atom stereocenters. The standard InChI is InChI=1S/C21H27N5O2/c1-15-11-18-19(12-16(15)2)24-20(23-18)5-6-21(27)25-8-4-10-28-17(13-25)14-26-9-3-7-22-26/h3,7,9,11-12,17H,4-6,8,10,13-14H2,1-2H3,(H,23,24)/t17-/m0/s1. The Labute approximate surface area is 164 Å². The SMILES string of the molecule is Cc1cc2nc(CCC(=O)N3CCCO[C@H](Cn4cccn4)C3)[nH]c2cc1C. The van der Waals surface area contributed by atoms with Gasteiger partial charge in [0.25, 0.3) is 0 Å². The molecule has 28 heavy (non-hydrogen) atoms. The van der Waals surface area contributed by atoms with Gasteiger partial charge in [0.1, 0.15) is 5.82 Å². The molecule has 3 heterocycles. The predicted molar refractivity (Wildman–Crippen MR) is 107 cm³/mol. The number of aromatic nitrogens is 4. The fourth-order valence-corrected chi connectivity index (χ4v) is 3.67. The molecule has 1 amide bonds. The summed E-state index contributed by atoms with van der Waals surface area (Å²) in [7, 11) is 0. The second-order valence-corrected chi connectivity index (χ2v) is 7.55. The van der Waals surface area contributed by atoms with Gasteiger partial charge < -0.3 is 14.6 Å². The Morgan fingerprint density at radius 1 is 1.32 bits per heavy atom. The highest BCUT2D eigenvalue weighted by atomic mass is 16.5. The van der Waals surface area contributed by atoms with Gasteiger partial charge >= 0.3 is 0 Å². The van der Waals surface area contributed by atoms with Crippen molar-refractivity contribution >= 4 is 16.9 Å². The Morgan fingerprint density at radius 3 is 3.00 bits per heavy atom. The van der Waals surface area contributed by atoms with Gasteiger partial charge in [-0.1, -0.05) is 0 Å². The zero-order chi connectivity index (χ0) is 19.5. The molecule has 2 aromatic heterocycles. The van der Waals surface area contributed by atoms with Crippen molar-refractivity contribution in [1.29, 1.82) is 0 Å². The van der Waals surface area contributed by atoms with Gasteiger partial charge in [-0.25, -0.2) is 4.98 Å². The number of ether oxygens (including phenoxy) is 1. The molecule has 1 atom stereocenters. The van der Waals surface area contributed by atoms with Crippen LogP contribution < -0.4 is 0 Å². The Morgan fingerprint density at radius 2 is 2.18 bits per heavy atom. The quantitative estimate of drug-likeness (QED) is 0.737. The molecule has 0 saturated carbocycles. The van der Waals surface area contributed by atoms with Crippen LogP contribution in [0, 0.1) is 13.8 Å². The lowest BCUT2D eigenvalue weighted by Gasteiger charge is -2.24. The summed E-state index contributed by atoms with van der Waals surface area (Å²) in [5.41, 5.74) is 4.47. The van der Waals surface area contributed by atoms with Crippen LogP contribution in [0.15, 0.2) is 30.6 Å². The largest absolute Gasteiger partial charge is 0.374 e. The molecule has 148 valence electrons. The number of nitrogens with zero attached hydrogens (tertiary/aromatic N) is 4. The second kappa shape index (κ2) is 8.14. The Kier molecular flexibility index (Phi) is 5.43. The van der Waals surface area contributed by atoms with E-state index in [9.17, 15) is 4.79 Å². The molecule has 7 nitrogen and oxygen atoms in total. The molecule has 3 aromatic rings. The molecule has 1 aliphatic rings. The number of aromatic amines is 1. The lowest BCUT2D eigenvalue weighted by molar-refractivity contribution is -0.132. The first-order chi connectivity index (χ1) is 13.6. The highest BCUT2D eigenvalue weighted by molar-refractivity contribution is 5.78. The van der Waals surface area contributed by atoms with Crippen molar-refractivity contribution in [3.8, 4) is 0 Å². The maximum atomic E-state index is 12.8. The highest BCUT2D eigenvalue weighted by Crippen LogP contribution is 2.18. The Balaban J connectivity index is 1.37. The van der Waals surface area contributed by atoms with Crippen molar-refractivity contribution in [2.45, 2.75) is 45.8 Å². The van der Waals surface area contributed by atoms with Crippen LogP contribution in [-0.2, 0) is 22.5 Å². The van der Waals surface area contributed by atoms with E-state index < -0.39 is 0 Å². The van der Waals surface area contributed by atoms with Crippen molar-refractivity contribution in [2.24, 2.45) is 0 Å². The zero-order valence-corrected chi connectivity index (χ0v) is 16.5. The maximum absolute atomic E-state index is 12.8. The topological polar surface area (TPSA) is 76.0 Å². The van der Waals surface area contributed by atoms with Gasteiger partial charge in [0.2, 0.25) is 5.91 Å². The van der Waals surface area contributed by atoms with Crippen LogP contribution in [0.25, 0.3) is 11.0 Å². The van der Waals surface area contributed by atoms with E-state index in [-0.39, 0.29) is 12.0 Å². The number of carbonyl (C=O) groups excluding carboxylic acids is 1. The van der Waals surface area contributed by atoms with Gasteiger partial charge in [-0.2, -0.15) is 5.10 Å². The van der Waals surface area contributed by atoms with Crippen LogP contribution in [0.3, 0.4) is 0 Å². The van der Waals surface area contributed by atoms with E-state index in [1.807, 2.05) is 21.8 Å². The number of nitrogens with one attached hydrogen (secondary N) is 1. The van der Waals surface area contributed by atoms with Gasteiger partial charge in [0, 0.05) is 44.9 Å². The second-order valence-electron chi connectivity index (χ2n) is 7.55. The Hall–Kier alpha value is -2.67. The summed E-state index contributed by atoms with van der Waals surface area (Å²) in [6.07, 6.45) is 5.59. The maximum Gasteiger partial charge on any atom is 0.223 e. The lowest BCUT2D eigenvalue weighted by Crippen LogP contribution is -2.38. The molecule has 0 radical (unpaired) electrons. The van der Waals surface area contributed by atoms with Crippen molar-refractivity contribution in [3.05, 3.63) is 47.5 Å². The van der Waals surface area contributed by atoms with Gasteiger partial charge in [-0.05, 0) is 49.6 Å². The van der Waals surface area contributed by atoms with E-state index in [1.54, 1.807) is 6.20 Å². The predicted octanol–water partition coefficient (Wildman–Crippen LogP) is 2.63. The third-order valence-corrected chi connectivity index (χ3v) is 5.37. The van der Waals surface area contributed by atoms with E-state index in [2.05, 4.69) is 41.0 Å². The van der Waals surface area contributed by atoms with E-state index >= 15 is 0 Å². The normalized spacial score (nSPS) is 17.8. The summed E-state index contributed by atoms with van der Waals surface area (Å²) in [5.74, 6) is 1.02. The molecule has 0 spiro atoms. The number of benzene rings is 1.